The lowest BCUT2D eigenvalue weighted by atomic mass is 9.97. The number of rotatable bonds is 6. The van der Waals surface area contributed by atoms with Crippen molar-refractivity contribution in [2.24, 2.45) is 5.92 Å². The Morgan fingerprint density at radius 1 is 1.37 bits per heavy atom. The lowest BCUT2D eigenvalue weighted by molar-refractivity contribution is 0.0657. The van der Waals surface area contributed by atoms with Crippen LogP contribution in [0, 0.1) is 19.8 Å². The number of likely N-dealkylation sites (tertiary alicyclic amines) is 1. The highest BCUT2D eigenvalue weighted by Gasteiger charge is 2.26. The number of aryl methyl sites for hydroxylation is 3. The maximum Gasteiger partial charge on any atom is 0.261 e. The van der Waals surface area contributed by atoms with Gasteiger partial charge in [-0.15, -0.1) is 5.10 Å². The van der Waals surface area contributed by atoms with E-state index in [0.717, 1.165) is 55.6 Å². The lowest BCUT2D eigenvalue weighted by Gasteiger charge is -2.32. The molecule has 1 amide bonds. The summed E-state index contributed by atoms with van der Waals surface area (Å²) in [7, 11) is 0. The molecule has 0 aliphatic carbocycles. The monoisotopic (exact) mass is 371 g/mol. The van der Waals surface area contributed by atoms with E-state index in [2.05, 4.69) is 22.2 Å². The second kappa shape index (κ2) is 8.50. The lowest BCUT2D eigenvalue weighted by Crippen LogP contribution is -2.43. The minimum absolute atomic E-state index is 0.175. The van der Waals surface area contributed by atoms with Crippen molar-refractivity contribution in [1.29, 1.82) is 0 Å². The highest BCUT2D eigenvalue weighted by molar-refractivity contribution is 5.94. The summed E-state index contributed by atoms with van der Waals surface area (Å²) in [5, 5.41) is 8.47. The van der Waals surface area contributed by atoms with Crippen LogP contribution in [0.2, 0.25) is 0 Å². The minimum atomic E-state index is -0.304. The van der Waals surface area contributed by atoms with Gasteiger partial charge >= 0.3 is 0 Å². The van der Waals surface area contributed by atoms with Gasteiger partial charge in [-0.05, 0) is 57.1 Å². The van der Waals surface area contributed by atoms with Crippen LogP contribution in [0.15, 0.2) is 17.1 Å². The number of piperidine rings is 1. The van der Waals surface area contributed by atoms with E-state index in [-0.39, 0.29) is 17.0 Å². The summed E-state index contributed by atoms with van der Waals surface area (Å²) >= 11 is 0. The van der Waals surface area contributed by atoms with Crippen LogP contribution < -0.4 is 5.56 Å². The molecule has 1 aliphatic rings. The number of aromatic amines is 1. The van der Waals surface area contributed by atoms with Crippen molar-refractivity contribution in [3.8, 4) is 0 Å². The quantitative estimate of drug-likeness (QED) is 0.845. The van der Waals surface area contributed by atoms with Crippen molar-refractivity contribution < 1.29 is 4.79 Å². The molecule has 3 heterocycles. The van der Waals surface area contributed by atoms with E-state index in [9.17, 15) is 9.59 Å². The topological polar surface area (TPSA) is 83.9 Å². The van der Waals surface area contributed by atoms with E-state index < -0.39 is 0 Å². The van der Waals surface area contributed by atoms with Gasteiger partial charge in [0.15, 0.2) is 0 Å². The largest absolute Gasteiger partial charge is 0.338 e. The second-order valence-corrected chi connectivity index (χ2v) is 7.62. The summed E-state index contributed by atoms with van der Waals surface area (Å²) in [6.07, 6.45) is 7.23. The SMILES string of the molecule is CCCCc1cn(C[C@@H]2CCCN(C(=O)c3cc(C)c(C)[nH]c3=O)C2)nn1. The first-order valence-corrected chi connectivity index (χ1v) is 9.86. The van der Waals surface area contributed by atoms with Crippen LogP contribution in [-0.2, 0) is 13.0 Å². The summed E-state index contributed by atoms with van der Waals surface area (Å²) < 4.78 is 1.90. The highest BCUT2D eigenvalue weighted by Crippen LogP contribution is 2.20. The van der Waals surface area contributed by atoms with E-state index >= 15 is 0 Å². The zero-order valence-electron chi connectivity index (χ0n) is 16.5. The molecule has 0 bridgehead atoms. The Balaban J connectivity index is 1.65. The number of nitrogens with zero attached hydrogens (tertiary/aromatic N) is 4. The summed E-state index contributed by atoms with van der Waals surface area (Å²) in [5.74, 6) is 0.153. The zero-order chi connectivity index (χ0) is 19.4. The molecule has 1 saturated heterocycles. The van der Waals surface area contributed by atoms with Crippen molar-refractivity contribution >= 4 is 5.91 Å². The number of nitrogens with one attached hydrogen (secondary N) is 1. The molecule has 1 aliphatic heterocycles. The average molecular weight is 371 g/mol. The van der Waals surface area contributed by atoms with E-state index in [1.165, 1.54) is 0 Å². The zero-order valence-corrected chi connectivity index (χ0v) is 16.5. The van der Waals surface area contributed by atoms with Crippen molar-refractivity contribution in [2.75, 3.05) is 13.1 Å². The summed E-state index contributed by atoms with van der Waals surface area (Å²) in [6.45, 7) is 8.01. The normalized spacial score (nSPS) is 17.3. The Morgan fingerprint density at radius 2 is 2.19 bits per heavy atom. The third kappa shape index (κ3) is 4.64. The molecule has 3 rings (SSSR count). The molecule has 2 aromatic rings. The van der Waals surface area contributed by atoms with E-state index in [1.54, 1.807) is 6.07 Å². The van der Waals surface area contributed by atoms with E-state index in [4.69, 9.17) is 0 Å². The number of carbonyl (C=O) groups excluding carboxylic acids is 1. The third-order valence-corrected chi connectivity index (χ3v) is 5.35. The van der Waals surface area contributed by atoms with Gasteiger partial charge in [-0.3, -0.25) is 14.3 Å². The van der Waals surface area contributed by atoms with Crippen LogP contribution in [0.4, 0.5) is 0 Å². The van der Waals surface area contributed by atoms with Crippen LogP contribution in [-0.4, -0.2) is 43.9 Å². The maximum atomic E-state index is 12.9. The van der Waals surface area contributed by atoms with Gasteiger partial charge in [-0.2, -0.15) is 0 Å². The standard InChI is InChI=1S/C20H29N5O2/c1-4-5-8-17-13-25(23-22-17)12-16-7-6-9-24(11-16)20(27)18-10-14(2)15(3)21-19(18)26/h10,13,16H,4-9,11-12H2,1-3H3,(H,21,26)/t16-/m1/s1. The van der Waals surface area contributed by atoms with Crippen molar-refractivity contribution in [3.05, 3.63) is 45.1 Å². The smallest absolute Gasteiger partial charge is 0.261 e. The van der Waals surface area contributed by atoms with E-state index in [1.807, 2.05) is 29.6 Å². The fourth-order valence-electron chi connectivity index (χ4n) is 3.62. The van der Waals surface area contributed by atoms with Crippen LogP contribution in [0.25, 0.3) is 0 Å². The molecule has 0 unspecified atom stereocenters. The Morgan fingerprint density at radius 3 is 2.96 bits per heavy atom. The molecule has 0 aromatic carbocycles. The molecular formula is C20H29N5O2. The van der Waals surface area contributed by atoms with Gasteiger partial charge < -0.3 is 9.88 Å². The van der Waals surface area contributed by atoms with Gasteiger partial charge in [-0.1, -0.05) is 18.6 Å². The second-order valence-electron chi connectivity index (χ2n) is 7.62. The minimum Gasteiger partial charge on any atom is -0.338 e. The average Bonchev–Trinajstić information content (AvgIpc) is 3.10. The number of carbonyl (C=O) groups is 1. The van der Waals surface area contributed by atoms with Crippen molar-refractivity contribution in [3.63, 3.8) is 0 Å². The first-order valence-electron chi connectivity index (χ1n) is 9.86. The van der Waals surface area contributed by atoms with Gasteiger partial charge in [0.25, 0.3) is 11.5 Å². The summed E-state index contributed by atoms with van der Waals surface area (Å²) in [5.41, 5.74) is 2.69. The maximum absolute atomic E-state index is 12.9. The van der Waals surface area contributed by atoms with Crippen molar-refractivity contribution in [1.82, 2.24) is 24.9 Å². The Hall–Kier alpha value is -2.44. The van der Waals surface area contributed by atoms with Gasteiger partial charge in [0, 0.05) is 31.5 Å². The Bertz CT molecular complexity index is 854. The van der Waals surface area contributed by atoms with E-state index in [0.29, 0.717) is 19.0 Å². The number of H-pyrrole nitrogens is 1. The predicted octanol–water partition coefficient (Wildman–Crippen LogP) is 2.48. The number of hydrogen-bond acceptors (Lipinski definition) is 4. The molecule has 146 valence electrons. The number of hydrogen-bond donors (Lipinski definition) is 1. The van der Waals surface area contributed by atoms with Gasteiger partial charge in [0.1, 0.15) is 5.56 Å². The molecule has 2 aromatic heterocycles. The molecule has 0 saturated carbocycles. The summed E-state index contributed by atoms with van der Waals surface area (Å²) in [4.78, 5) is 29.7. The van der Waals surface area contributed by atoms with Gasteiger partial charge in [-0.25, -0.2) is 0 Å². The van der Waals surface area contributed by atoms with Gasteiger partial charge in [0.05, 0.1) is 5.69 Å². The molecule has 1 fully saturated rings. The molecule has 0 radical (unpaired) electrons. The molecule has 7 heteroatoms. The molecule has 1 atom stereocenters. The van der Waals surface area contributed by atoms with Crippen LogP contribution in [0.5, 0.6) is 0 Å². The molecule has 27 heavy (non-hydrogen) atoms. The Kier molecular flexibility index (Phi) is 6.08. The number of pyridine rings is 1. The first kappa shape index (κ1) is 19.3. The van der Waals surface area contributed by atoms with Crippen LogP contribution in [0.1, 0.15) is 59.9 Å². The third-order valence-electron chi connectivity index (χ3n) is 5.35. The number of amides is 1. The fraction of sp³-hybridized carbons (Fsp3) is 0.600. The highest BCUT2D eigenvalue weighted by atomic mass is 16.2. The van der Waals surface area contributed by atoms with Crippen molar-refractivity contribution in [2.45, 2.75) is 59.4 Å². The Labute approximate surface area is 159 Å². The number of unbranched alkanes of at least 4 members (excludes halogenated alkanes) is 1. The van der Waals surface area contributed by atoms with Crippen LogP contribution in [0.3, 0.4) is 0 Å². The first-order chi connectivity index (χ1) is 13.0. The molecular weight excluding hydrogens is 342 g/mol. The molecule has 0 spiro atoms. The number of aromatic nitrogens is 4. The summed E-state index contributed by atoms with van der Waals surface area (Å²) in [6, 6.07) is 1.71. The molecule has 1 N–H and O–H groups in total. The predicted molar refractivity (Wildman–Crippen MR) is 104 cm³/mol. The van der Waals surface area contributed by atoms with Gasteiger partial charge in [0.2, 0.25) is 0 Å². The molecule has 7 nitrogen and oxygen atoms in total. The fourth-order valence-corrected chi connectivity index (χ4v) is 3.62. The van der Waals surface area contributed by atoms with Crippen LogP contribution >= 0.6 is 0 Å².